The number of hydrogen-bond donors (Lipinski definition) is 0. The Bertz CT molecular complexity index is 648. The standard InChI is InChI=1S/C16H18N3/c1-18-9-10-19-11-17-15-13-7-3-2-5-12(13)6-4-8-14(15)16(18)19/h2-3,5,7,11H,4,6,8-10H2,1H3/q+1. The zero-order chi connectivity index (χ0) is 12.8. The van der Waals surface area contributed by atoms with Crippen LogP contribution in [0.2, 0.25) is 0 Å². The molecule has 1 aromatic heterocycles. The average Bonchev–Trinajstić information content (AvgIpc) is 2.71. The van der Waals surface area contributed by atoms with Crippen LogP contribution in [0.5, 0.6) is 0 Å². The van der Waals surface area contributed by atoms with Crippen molar-refractivity contribution < 1.29 is 4.57 Å². The van der Waals surface area contributed by atoms with Crippen molar-refractivity contribution >= 4 is 5.82 Å². The highest BCUT2D eigenvalue weighted by atomic mass is 15.3. The van der Waals surface area contributed by atoms with Crippen LogP contribution in [0, 0.1) is 0 Å². The Hall–Kier alpha value is -1.90. The van der Waals surface area contributed by atoms with Crippen molar-refractivity contribution in [2.24, 2.45) is 0 Å². The van der Waals surface area contributed by atoms with E-state index in [0.29, 0.717) is 0 Å². The van der Waals surface area contributed by atoms with Gasteiger partial charge < -0.3 is 0 Å². The maximum absolute atomic E-state index is 4.76. The molecule has 3 heteroatoms. The fourth-order valence-electron chi connectivity index (χ4n) is 3.40. The molecule has 3 nitrogen and oxygen atoms in total. The van der Waals surface area contributed by atoms with Crippen molar-refractivity contribution in [3.05, 3.63) is 41.7 Å². The predicted molar refractivity (Wildman–Crippen MR) is 75.2 cm³/mol. The molecule has 0 saturated carbocycles. The molecular weight excluding hydrogens is 234 g/mol. The van der Waals surface area contributed by atoms with Crippen molar-refractivity contribution in [2.75, 3.05) is 18.5 Å². The summed E-state index contributed by atoms with van der Waals surface area (Å²) in [5, 5.41) is 0. The van der Waals surface area contributed by atoms with E-state index in [4.69, 9.17) is 4.98 Å². The second-order valence-electron chi connectivity index (χ2n) is 5.52. The average molecular weight is 252 g/mol. The smallest absolute Gasteiger partial charge is 0.230 e. The summed E-state index contributed by atoms with van der Waals surface area (Å²) in [5.74, 6) is 1.38. The van der Waals surface area contributed by atoms with Crippen LogP contribution in [-0.2, 0) is 19.4 Å². The second kappa shape index (κ2) is 4.05. The van der Waals surface area contributed by atoms with Gasteiger partial charge in [0.25, 0.3) is 0 Å². The summed E-state index contributed by atoms with van der Waals surface area (Å²) in [6, 6.07) is 8.73. The molecule has 2 aromatic rings. The minimum atomic E-state index is 1.06. The Kier molecular flexibility index (Phi) is 2.34. The Morgan fingerprint density at radius 3 is 3.05 bits per heavy atom. The molecule has 2 heterocycles. The summed E-state index contributed by atoms with van der Waals surface area (Å²) in [4.78, 5) is 7.13. The number of fused-ring (bicyclic) bond motifs is 5. The highest BCUT2D eigenvalue weighted by Gasteiger charge is 2.31. The molecule has 1 aliphatic carbocycles. The molecular formula is C16H18N3+. The van der Waals surface area contributed by atoms with Crippen molar-refractivity contribution in [3.8, 4) is 11.3 Å². The van der Waals surface area contributed by atoms with Gasteiger partial charge in [-0.3, -0.25) is 4.90 Å². The number of benzene rings is 1. The SMILES string of the molecule is CN1CC[n+]2cnc3c(c21)CCCc1ccccc1-3. The van der Waals surface area contributed by atoms with E-state index in [1.807, 2.05) is 6.33 Å². The molecule has 0 N–H and O–H groups in total. The zero-order valence-electron chi connectivity index (χ0n) is 11.3. The predicted octanol–water partition coefficient (Wildman–Crippen LogP) is 1.97. The monoisotopic (exact) mass is 252 g/mol. The van der Waals surface area contributed by atoms with Gasteiger partial charge in [-0.25, -0.2) is 4.57 Å². The molecule has 2 aliphatic rings. The van der Waals surface area contributed by atoms with Gasteiger partial charge in [0.2, 0.25) is 12.1 Å². The third-order valence-electron chi connectivity index (χ3n) is 4.34. The lowest BCUT2D eigenvalue weighted by molar-refractivity contribution is -0.674. The third-order valence-corrected chi connectivity index (χ3v) is 4.34. The molecule has 19 heavy (non-hydrogen) atoms. The first kappa shape index (κ1) is 11.0. The highest BCUT2D eigenvalue weighted by Crippen LogP contribution is 2.34. The summed E-state index contributed by atoms with van der Waals surface area (Å²) in [6.45, 7) is 2.16. The maximum Gasteiger partial charge on any atom is 0.230 e. The lowest BCUT2D eigenvalue weighted by Crippen LogP contribution is -2.33. The number of aromatic nitrogens is 2. The van der Waals surface area contributed by atoms with Gasteiger partial charge in [0.1, 0.15) is 6.54 Å². The number of hydrogen-bond acceptors (Lipinski definition) is 2. The topological polar surface area (TPSA) is 20.0 Å². The first-order valence-corrected chi connectivity index (χ1v) is 7.05. The fourth-order valence-corrected chi connectivity index (χ4v) is 3.40. The quantitative estimate of drug-likeness (QED) is 0.668. The Morgan fingerprint density at radius 1 is 1.21 bits per heavy atom. The van der Waals surface area contributed by atoms with Crippen LogP contribution in [0.1, 0.15) is 17.5 Å². The van der Waals surface area contributed by atoms with Crippen molar-refractivity contribution in [1.29, 1.82) is 0 Å². The first-order valence-electron chi connectivity index (χ1n) is 7.05. The third kappa shape index (κ3) is 1.57. The van der Waals surface area contributed by atoms with Crippen LogP contribution in [0.25, 0.3) is 11.3 Å². The molecule has 0 amide bonds. The molecule has 96 valence electrons. The lowest BCUT2D eigenvalue weighted by Gasteiger charge is -2.11. The van der Waals surface area contributed by atoms with E-state index in [1.165, 1.54) is 34.6 Å². The van der Waals surface area contributed by atoms with Crippen molar-refractivity contribution in [2.45, 2.75) is 25.8 Å². The van der Waals surface area contributed by atoms with Gasteiger partial charge in [-0.2, -0.15) is 0 Å². The van der Waals surface area contributed by atoms with E-state index in [9.17, 15) is 0 Å². The second-order valence-corrected chi connectivity index (χ2v) is 5.52. The largest absolute Gasteiger partial charge is 0.292 e. The molecule has 0 unspecified atom stereocenters. The van der Waals surface area contributed by atoms with E-state index >= 15 is 0 Å². The van der Waals surface area contributed by atoms with Gasteiger partial charge in [0.05, 0.1) is 19.2 Å². The van der Waals surface area contributed by atoms with Crippen LogP contribution in [0.15, 0.2) is 30.6 Å². The summed E-state index contributed by atoms with van der Waals surface area (Å²) < 4.78 is 2.30. The number of rotatable bonds is 0. The zero-order valence-corrected chi connectivity index (χ0v) is 11.3. The fraction of sp³-hybridized carbons (Fsp3) is 0.375. The van der Waals surface area contributed by atoms with Crippen LogP contribution in [0.3, 0.4) is 0 Å². The molecule has 0 atom stereocenters. The normalized spacial score (nSPS) is 16.6. The van der Waals surface area contributed by atoms with E-state index < -0.39 is 0 Å². The van der Waals surface area contributed by atoms with Gasteiger partial charge in [-0.05, 0) is 24.8 Å². The molecule has 4 rings (SSSR count). The summed E-state index contributed by atoms with van der Waals surface area (Å²) in [7, 11) is 2.19. The summed E-state index contributed by atoms with van der Waals surface area (Å²) in [5.41, 5.74) is 5.42. The van der Waals surface area contributed by atoms with Gasteiger partial charge in [0, 0.05) is 5.56 Å². The maximum atomic E-state index is 4.76. The minimum Gasteiger partial charge on any atom is -0.292 e. The number of likely N-dealkylation sites (N-methyl/N-ethyl adjacent to an activating group) is 1. The lowest BCUT2D eigenvalue weighted by atomic mass is 10.0. The van der Waals surface area contributed by atoms with Crippen LogP contribution < -0.4 is 9.47 Å². The van der Waals surface area contributed by atoms with E-state index in [1.54, 1.807) is 0 Å². The van der Waals surface area contributed by atoms with E-state index in [-0.39, 0.29) is 0 Å². The molecule has 0 saturated heterocycles. The van der Waals surface area contributed by atoms with Crippen LogP contribution in [-0.4, -0.2) is 18.6 Å². The first-order chi connectivity index (χ1) is 9.34. The van der Waals surface area contributed by atoms with Crippen molar-refractivity contribution in [3.63, 3.8) is 0 Å². The Morgan fingerprint density at radius 2 is 2.11 bits per heavy atom. The van der Waals surface area contributed by atoms with Crippen LogP contribution in [0.4, 0.5) is 5.82 Å². The van der Waals surface area contributed by atoms with Crippen LogP contribution >= 0.6 is 0 Å². The molecule has 0 fully saturated rings. The molecule has 0 spiro atoms. The summed E-state index contributed by atoms with van der Waals surface area (Å²) in [6.07, 6.45) is 5.53. The Balaban J connectivity index is 2.00. The number of nitrogens with zero attached hydrogens (tertiary/aromatic N) is 3. The van der Waals surface area contributed by atoms with Gasteiger partial charge in [0.15, 0.2) is 5.69 Å². The molecule has 0 radical (unpaired) electrons. The van der Waals surface area contributed by atoms with Gasteiger partial charge in [-0.15, -0.1) is 4.98 Å². The van der Waals surface area contributed by atoms with Gasteiger partial charge in [-0.1, -0.05) is 24.3 Å². The van der Waals surface area contributed by atoms with E-state index in [0.717, 1.165) is 25.9 Å². The van der Waals surface area contributed by atoms with Gasteiger partial charge >= 0.3 is 0 Å². The summed E-state index contributed by atoms with van der Waals surface area (Å²) >= 11 is 0. The van der Waals surface area contributed by atoms with E-state index in [2.05, 4.69) is 40.8 Å². The number of anilines is 1. The molecule has 1 aliphatic heterocycles. The Labute approximate surface area is 113 Å². The highest BCUT2D eigenvalue weighted by molar-refractivity contribution is 5.71. The molecule has 0 bridgehead atoms. The minimum absolute atomic E-state index is 1.06. The van der Waals surface area contributed by atoms with Crippen molar-refractivity contribution in [1.82, 2.24) is 4.98 Å². The molecule has 1 aromatic carbocycles. The number of aryl methyl sites for hydroxylation is 1.